The number of nitrogens with one attached hydrogen (secondary N) is 1. The SMILES string of the molecule is NC1CCc2ccc(Cl)cc2NC1. The molecule has 1 aliphatic rings. The zero-order chi connectivity index (χ0) is 9.26. The molecular weight excluding hydrogens is 184 g/mol. The van der Waals surface area contributed by atoms with Crippen molar-refractivity contribution in [3.63, 3.8) is 0 Å². The van der Waals surface area contributed by atoms with Gasteiger partial charge in [0.15, 0.2) is 0 Å². The molecule has 0 radical (unpaired) electrons. The molecule has 0 amide bonds. The normalized spacial score (nSPS) is 21.5. The molecule has 2 nitrogen and oxygen atoms in total. The molecule has 0 saturated heterocycles. The molecule has 0 aliphatic carbocycles. The standard InChI is InChI=1S/C10H13ClN2/c11-8-3-1-7-2-4-9(12)6-13-10(7)5-8/h1,3,5,9,13H,2,4,6,12H2. The van der Waals surface area contributed by atoms with E-state index >= 15 is 0 Å². The largest absolute Gasteiger partial charge is 0.383 e. The van der Waals surface area contributed by atoms with Crippen molar-refractivity contribution in [2.75, 3.05) is 11.9 Å². The summed E-state index contributed by atoms with van der Waals surface area (Å²) in [6.45, 7) is 0.841. The Hall–Kier alpha value is -0.730. The molecule has 0 saturated carbocycles. The molecule has 0 aromatic heterocycles. The van der Waals surface area contributed by atoms with Gasteiger partial charge in [-0.25, -0.2) is 0 Å². The minimum absolute atomic E-state index is 0.256. The molecule has 0 bridgehead atoms. The van der Waals surface area contributed by atoms with Gasteiger partial charge in [0, 0.05) is 23.3 Å². The van der Waals surface area contributed by atoms with Gasteiger partial charge in [0.05, 0.1) is 0 Å². The molecule has 3 N–H and O–H groups in total. The third-order valence-electron chi connectivity index (χ3n) is 2.41. The van der Waals surface area contributed by atoms with Gasteiger partial charge in [0.1, 0.15) is 0 Å². The molecule has 1 aromatic rings. The van der Waals surface area contributed by atoms with Crippen molar-refractivity contribution in [1.82, 2.24) is 0 Å². The maximum Gasteiger partial charge on any atom is 0.0426 e. The number of rotatable bonds is 0. The van der Waals surface area contributed by atoms with Crippen LogP contribution in [0.25, 0.3) is 0 Å². The van der Waals surface area contributed by atoms with Crippen LogP contribution in [0.1, 0.15) is 12.0 Å². The smallest absolute Gasteiger partial charge is 0.0426 e. The van der Waals surface area contributed by atoms with E-state index in [1.807, 2.05) is 12.1 Å². The summed E-state index contributed by atoms with van der Waals surface area (Å²) in [7, 11) is 0. The molecule has 3 heteroatoms. The van der Waals surface area contributed by atoms with Gasteiger partial charge in [-0.2, -0.15) is 0 Å². The summed E-state index contributed by atoms with van der Waals surface area (Å²) in [5.74, 6) is 0. The lowest BCUT2D eigenvalue weighted by Crippen LogP contribution is -2.27. The first-order chi connectivity index (χ1) is 6.25. The van der Waals surface area contributed by atoms with Crippen molar-refractivity contribution in [2.24, 2.45) is 5.73 Å². The van der Waals surface area contributed by atoms with Gasteiger partial charge in [0.25, 0.3) is 0 Å². The quantitative estimate of drug-likeness (QED) is 0.667. The number of fused-ring (bicyclic) bond motifs is 1. The Morgan fingerprint density at radius 3 is 3.15 bits per heavy atom. The first-order valence-corrected chi connectivity index (χ1v) is 4.91. The summed E-state index contributed by atoms with van der Waals surface area (Å²) < 4.78 is 0. The molecule has 1 atom stereocenters. The van der Waals surface area contributed by atoms with Gasteiger partial charge in [0.2, 0.25) is 0 Å². The summed E-state index contributed by atoms with van der Waals surface area (Å²) in [5, 5.41) is 4.09. The molecule has 0 fully saturated rings. The number of hydrogen-bond acceptors (Lipinski definition) is 2. The lowest BCUT2D eigenvalue weighted by Gasteiger charge is -2.08. The minimum atomic E-state index is 0.256. The Kier molecular flexibility index (Phi) is 2.42. The number of benzene rings is 1. The van der Waals surface area contributed by atoms with E-state index in [9.17, 15) is 0 Å². The van der Waals surface area contributed by atoms with Gasteiger partial charge in [-0.1, -0.05) is 17.7 Å². The molecular formula is C10H13ClN2. The molecule has 70 valence electrons. The van der Waals surface area contributed by atoms with E-state index in [1.54, 1.807) is 0 Å². The maximum absolute atomic E-state index is 5.90. The molecule has 1 aliphatic heterocycles. The Morgan fingerprint density at radius 1 is 1.46 bits per heavy atom. The van der Waals surface area contributed by atoms with E-state index in [0.29, 0.717) is 0 Å². The van der Waals surface area contributed by atoms with Crippen LogP contribution >= 0.6 is 11.6 Å². The lowest BCUT2D eigenvalue weighted by molar-refractivity contribution is 0.652. The zero-order valence-electron chi connectivity index (χ0n) is 7.39. The van der Waals surface area contributed by atoms with Gasteiger partial charge in [-0.15, -0.1) is 0 Å². The monoisotopic (exact) mass is 196 g/mol. The van der Waals surface area contributed by atoms with Crippen LogP contribution in [0.3, 0.4) is 0 Å². The molecule has 1 aromatic carbocycles. The van der Waals surface area contributed by atoms with Crippen LogP contribution in [0.4, 0.5) is 5.69 Å². The third kappa shape index (κ3) is 1.95. The van der Waals surface area contributed by atoms with Crippen molar-refractivity contribution in [1.29, 1.82) is 0 Å². The van der Waals surface area contributed by atoms with Crippen LogP contribution in [-0.2, 0) is 6.42 Å². The number of aryl methyl sites for hydroxylation is 1. The van der Waals surface area contributed by atoms with Crippen LogP contribution in [-0.4, -0.2) is 12.6 Å². The number of halogens is 1. The fraction of sp³-hybridized carbons (Fsp3) is 0.400. The van der Waals surface area contributed by atoms with E-state index < -0.39 is 0 Å². The highest BCUT2D eigenvalue weighted by atomic mass is 35.5. The Balaban J connectivity index is 2.30. The third-order valence-corrected chi connectivity index (χ3v) is 2.65. The summed E-state index contributed by atoms with van der Waals surface area (Å²) in [4.78, 5) is 0. The van der Waals surface area contributed by atoms with Crippen molar-refractivity contribution >= 4 is 17.3 Å². The van der Waals surface area contributed by atoms with Crippen LogP contribution in [0.15, 0.2) is 18.2 Å². The number of nitrogens with two attached hydrogens (primary N) is 1. The van der Waals surface area contributed by atoms with E-state index in [4.69, 9.17) is 17.3 Å². The molecule has 1 heterocycles. The average Bonchev–Trinajstić information content (AvgIpc) is 2.29. The maximum atomic E-state index is 5.90. The highest BCUT2D eigenvalue weighted by Gasteiger charge is 2.11. The predicted octanol–water partition coefficient (Wildman–Crippen LogP) is 2.03. The van der Waals surface area contributed by atoms with Crippen LogP contribution in [0.5, 0.6) is 0 Å². The molecule has 2 rings (SSSR count). The first-order valence-electron chi connectivity index (χ1n) is 4.53. The van der Waals surface area contributed by atoms with Crippen LogP contribution in [0, 0.1) is 0 Å². The van der Waals surface area contributed by atoms with Crippen molar-refractivity contribution < 1.29 is 0 Å². The minimum Gasteiger partial charge on any atom is -0.383 e. The van der Waals surface area contributed by atoms with Crippen molar-refractivity contribution in [3.8, 4) is 0 Å². The highest BCUT2D eigenvalue weighted by molar-refractivity contribution is 6.30. The van der Waals surface area contributed by atoms with E-state index in [-0.39, 0.29) is 6.04 Å². The second-order valence-corrected chi connectivity index (χ2v) is 3.92. The summed E-state index contributed by atoms with van der Waals surface area (Å²) >= 11 is 5.90. The van der Waals surface area contributed by atoms with Crippen LogP contribution < -0.4 is 11.1 Å². The fourth-order valence-electron chi connectivity index (χ4n) is 1.62. The van der Waals surface area contributed by atoms with E-state index in [2.05, 4.69) is 11.4 Å². The summed E-state index contributed by atoms with van der Waals surface area (Å²) in [6.07, 6.45) is 2.09. The Labute approximate surface area is 83.1 Å². The molecule has 1 unspecified atom stereocenters. The van der Waals surface area contributed by atoms with Gasteiger partial charge < -0.3 is 11.1 Å². The van der Waals surface area contributed by atoms with E-state index in [0.717, 1.165) is 30.1 Å². The summed E-state index contributed by atoms with van der Waals surface area (Å²) in [5.41, 5.74) is 8.31. The first kappa shape index (κ1) is 8.85. The zero-order valence-corrected chi connectivity index (χ0v) is 8.14. The second-order valence-electron chi connectivity index (χ2n) is 3.48. The highest BCUT2D eigenvalue weighted by Crippen LogP contribution is 2.24. The van der Waals surface area contributed by atoms with Crippen LogP contribution in [0.2, 0.25) is 5.02 Å². The Bertz CT molecular complexity index is 312. The van der Waals surface area contributed by atoms with E-state index in [1.165, 1.54) is 5.56 Å². The fourth-order valence-corrected chi connectivity index (χ4v) is 1.79. The number of hydrogen-bond donors (Lipinski definition) is 2. The van der Waals surface area contributed by atoms with Crippen molar-refractivity contribution in [3.05, 3.63) is 28.8 Å². The lowest BCUT2D eigenvalue weighted by atomic mass is 10.1. The summed E-state index contributed by atoms with van der Waals surface area (Å²) in [6, 6.07) is 6.22. The van der Waals surface area contributed by atoms with Gasteiger partial charge >= 0.3 is 0 Å². The Morgan fingerprint density at radius 2 is 2.31 bits per heavy atom. The topological polar surface area (TPSA) is 38.0 Å². The van der Waals surface area contributed by atoms with Gasteiger partial charge in [-0.3, -0.25) is 0 Å². The predicted molar refractivity (Wildman–Crippen MR) is 56.2 cm³/mol. The van der Waals surface area contributed by atoms with Crippen molar-refractivity contribution in [2.45, 2.75) is 18.9 Å². The molecule has 13 heavy (non-hydrogen) atoms. The second kappa shape index (κ2) is 3.56. The van der Waals surface area contributed by atoms with Gasteiger partial charge in [-0.05, 0) is 30.5 Å². The average molecular weight is 197 g/mol. The number of anilines is 1. The molecule has 0 spiro atoms.